The summed E-state index contributed by atoms with van der Waals surface area (Å²) in [6.07, 6.45) is -3.02. The molecule has 4 saturated heterocycles. The lowest BCUT2D eigenvalue weighted by molar-refractivity contribution is -0.305. The number of ether oxygens (including phenoxy) is 8. The van der Waals surface area contributed by atoms with Gasteiger partial charge in [0.1, 0.15) is 30.6 Å². The SMILES string of the molecule is CC[C@H]1OC(=O)[C@H](C)C([C@H]2C[C@@](C)(OC)[C@@H](O)[C@H](C)O2)[C@H](C)[C@@H](O[C@@H]2O[C@H](C)C[C@H](N(C)CCc3cn([C@H](CF)[C@H](C)c4ccc(C5CCOCC5)cc4)nn3)[C@H]2O)[C@](C)(OC)C[C@@H](C)C(=NCCOC)[C@H](C)[C@@H](O)[C@]1(C)O. The Hall–Kier alpha value is -3.05. The first kappa shape index (κ1) is 64.1. The van der Waals surface area contributed by atoms with Crippen LogP contribution in [0, 0.1) is 29.6 Å². The van der Waals surface area contributed by atoms with Gasteiger partial charge in [-0.25, -0.2) is 9.07 Å². The van der Waals surface area contributed by atoms with Crippen molar-refractivity contribution < 1.29 is 67.5 Å². The molecule has 4 fully saturated rings. The zero-order valence-electron chi connectivity index (χ0n) is 49.5. The monoisotopic (exact) mass is 1100 g/mol. The molecule has 1 aromatic carbocycles. The maximum Gasteiger partial charge on any atom is 0.309 e. The number of rotatable bonds is 18. The number of nitrogens with zero attached hydrogens (tertiary/aromatic N) is 5. The first-order valence-corrected chi connectivity index (χ1v) is 28.8. The molecular formula is C59H98FN5O13. The van der Waals surface area contributed by atoms with E-state index >= 15 is 0 Å². The van der Waals surface area contributed by atoms with Gasteiger partial charge >= 0.3 is 5.97 Å². The van der Waals surface area contributed by atoms with Gasteiger partial charge in [-0.3, -0.25) is 9.79 Å². The van der Waals surface area contributed by atoms with E-state index in [-0.39, 0.29) is 37.2 Å². The highest BCUT2D eigenvalue weighted by atomic mass is 19.1. The van der Waals surface area contributed by atoms with Crippen molar-refractivity contribution in [3.05, 3.63) is 47.3 Å². The molecule has 2 aromatic rings. The standard InChI is InChI=1S/C59H98FN5O13/c1-16-48-59(11,70)52(67)39(7)50(61-24-28-71-13)34(2)30-58(10,73-15)54(37(5)49(38(6)55(69)77-48)47-31-57(9,72-14)53(68)40(8)76-47)78-56-51(66)45(29-35(3)75-56)64(12)25-21-44-33-65(63-62-44)46(32-60)36(4)41-17-19-42(20-18-41)43-22-26-74-27-23-43/h17-20,33-40,43,45-49,51-54,56,66-68,70H,16,21-32H2,1-15H3/t34-,35-,36-,37+,38-,39+,40+,45+,46-,47-,48-,49?,51-,52-,53+,54-,56+,57-,58-,59-/m1/s1. The van der Waals surface area contributed by atoms with Gasteiger partial charge in [0.25, 0.3) is 0 Å². The van der Waals surface area contributed by atoms with Crippen LogP contribution in [0.3, 0.4) is 0 Å². The summed E-state index contributed by atoms with van der Waals surface area (Å²) in [5.74, 6) is -3.61. The number of hydrogen-bond acceptors (Lipinski definition) is 17. The van der Waals surface area contributed by atoms with Crippen molar-refractivity contribution in [2.45, 2.75) is 217 Å². The first-order valence-electron chi connectivity index (χ1n) is 28.8. The molecule has 0 bridgehead atoms. The second-order valence-electron chi connectivity index (χ2n) is 24.1. The molecule has 4 aliphatic rings. The minimum absolute atomic E-state index is 0.157. The topological polar surface area (TPSA) is 218 Å². The summed E-state index contributed by atoms with van der Waals surface area (Å²) < 4.78 is 67.0. The molecule has 0 amide bonds. The Morgan fingerprint density at radius 3 is 2.22 bits per heavy atom. The molecule has 1 aromatic heterocycles. The number of aliphatic hydroxyl groups is 4. The molecule has 18 nitrogen and oxygen atoms in total. The number of halogens is 1. The van der Waals surface area contributed by atoms with Gasteiger partial charge in [-0.05, 0) is 103 Å². The van der Waals surface area contributed by atoms with Crippen LogP contribution in [0.5, 0.6) is 0 Å². The zero-order chi connectivity index (χ0) is 57.4. The second-order valence-corrected chi connectivity index (χ2v) is 24.1. The van der Waals surface area contributed by atoms with Crippen LogP contribution in [0.25, 0.3) is 0 Å². The fourth-order valence-corrected chi connectivity index (χ4v) is 13.4. The van der Waals surface area contributed by atoms with E-state index in [9.17, 15) is 29.6 Å². The maximum absolute atomic E-state index is 14.9. The molecule has 4 aliphatic heterocycles. The third kappa shape index (κ3) is 14.4. The fourth-order valence-electron chi connectivity index (χ4n) is 13.4. The summed E-state index contributed by atoms with van der Waals surface area (Å²) in [6, 6.07) is 7.54. The van der Waals surface area contributed by atoms with Crippen LogP contribution in [-0.4, -0.2) is 198 Å². The van der Waals surface area contributed by atoms with Gasteiger partial charge in [-0.1, -0.05) is 71.0 Å². The van der Waals surface area contributed by atoms with E-state index in [1.54, 1.807) is 46.8 Å². The van der Waals surface area contributed by atoms with Crippen LogP contribution in [-0.2, 0) is 49.1 Å². The highest BCUT2D eigenvalue weighted by Gasteiger charge is 2.56. The predicted octanol–water partition coefficient (Wildman–Crippen LogP) is 6.64. The summed E-state index contributed by atoms with van der Waals surface area (Å²) in [7, 11) is 6.69. The number of carbonyl (C=O) groups is 1. The number of carbonyl (C=O) groups excluding carboxylic acids is 1. The summed E-state index contributed by atoms with van der Waals surface area (Å²) in [4.78, 5) is 21.9. The minimum Gasteiger partial charge on any atom is -0.459 e. The number of alkyl halides is 1. The number of aliphatic imine (C=N–C) groups is 1. The van der Waals surface area contributed by atoms with Crippen molar-refractivity contribution in [3.63, 3.8) is 0 Å². The summed E-state index contributed by atoms with van der Waals surface area (Å²) >= 11 is 0. The normalized spacial score (nSPS) is 39.4. The van der Waals surface area contributed by atoms with Crippen molar-refractivity contribution in [1.82, 2.24) is 19.9 Å². The molecule has 0 saturated carbocycles. The predicted molar refractivity (Wildman–Crippen MR) is 294 cm³/mol. The molecule has 4 N–H and O–H groups in total. The molecule has 19 heteroatoms. The van der Waals surface area contributed by atoms with E-state index in [2.05, 4.69) is 39.5 Å². The van der Waals surface area contributed by atoms with Crippen LogP contribution >= 0.6 is 0 Å². The average molecular weight is 1100 g/mol. The van der Waals surface area contributed by atoms with Crippen LogP contribution in [0.15, 0.2) is 35.5 Å². The van der Waals surface area contributed by atoms with Crippen molar-refractivity contribution >= 4 is 11.7 Å². The Morgan fingerprint density at radius 1 is 0.936 bits per heavy atom. The molecule has 5 heterocycles. The van der Waals surface area contributed by atoms with E-state index in [1.807, 2.05) is 61.7 Å². The van der Waals surface area contributed by atoms with E-state index in [0.29, 0.717) is 49.9 Å². The molecule has 20 atom stereocenters. The number of likely N-dealkylation sites (N-methyl/N-ethyl adjacent to an activating group) is 1. The number of aliphatic hydroxyl groups excluding tert-OH is 3. The Bertz CT molecular complexity index is 2200. The van der Waals surface area contributed by atoms with Crippen LogP contribution in [0.2, 0.25) is 0 Å². The third-order valence-electron chi connectivity index (χ3n) is 18.7. The van der Waals surface area contributed by atoms with E-state index in [0.717, 1.165) is 31.6 Å². The zero-order valence-corrected chi connectivity index (χ0v) is 49.5. The van der Waals surface area contributed by atoms with Crippen molar-refractivity contribution in [2.75, 3.05) is 68.0 Å². The van der Waals surface area contributed by atoms with Gasteiger partial charge in [0.05, 0.1) is 72.5 Å². The molecule has 1 unspecified atom stereocenters. The smallest absolute Gasteiger partial charge is 0.309 e. The molecule has 0 aliphatic carbocycles. The number of aromatic nitrogens is 3. The second kappa shape index (κ2) is 27.8. The van der Waals surface area contributed by atoms with E-state index in [1.165, 1.54) is 12.5 Å². The summed E-state index contributed by atoms with van der Waals surface area (Å²) in [5.41, 5.74) is -0.515. The van der Waals surface area contributed by atoms with Crippen LogP contribution in [0.4, 0.5) is 4.39 Å². The third-order valence-corrected chi connectivity index (χ3v) is 18.7. The van der Waals surface area contributed by atoms with Crippen LogP contribution in [0.1, 0.15) is 149 Å². The highest BCUT2D eigenvalue weighted by molar-refractivity contribution is 5.89. The van der Waals surface area contributed by atoms with Gasteiger partial charge in [-0.15, -0.1) is 5.10 Å². The highest BCUT2D eigenvalue weighted by Crippen LogP contribution is 2.46. The number of methoxy groups -OCH3 is 3. The van der Waals surface area contributed by atoms with Gasteiger partial charge < -0.3 is 63.2 Å². The lowest BCUT2D eigenvalue weighted by atomic mass is 9.67. The van der Waals surface area contributed by atoms with Crippen LogP contribution < -0.4 is 0 Å². The molecule has 0 spiro atoms. The quantitative estimate of drug-likeness (QED) is 0.0908. The fraction of sp³-hybridized carbons (Fsp3) is 0.831. The molecule has 6 rings (SSSR count). The molecule has 0 radical (unpaired) electrons. The van der Waals surface area contributed by atoms with Crippen molar-refractivity contribution in [3.8, 4) is 0 Å². The van der Waals surface area contributed by atoms with Gasteiger partial charge in [0.15, 0.2) is 6.29 Å². The van der Waals surface area contributed by atoms with Gasteiger partial charge in [-0.2, -0.15) is 0 Å². The molecular weight excluding hydrogens is 1010 g/mol. The van der Waals surface area contributed by atoms with E-state index in [4.69, 9.17) is 42.9 Å². The Labute approximate surface area is 464 Å². The number of esters is 1. The summed E-state index contributed by atoms with van der Waals surface area (Å²) in [5, 5.41) is 57.2. The van der Waals surface area contributed by atoms with Crippen molar-refractivity contribution in [1.29, 1.82) is 0 Å². The number of hydrogen-bond donors (Lipinski definition) is 4. The number of benzene rings is 1. The van der Waals surface area contributed by atoms with E-state index < -0.39 is 114 Å². The average Bonchev–Trinajstić information content (AvgIpc) is 3.94. The minimum atomic E-state index is -1.88. The lowest BCUT2D eigenvalue weighted by Crippen LogP contribution is -2.62. The maximum atomic E-state index is 14.9. The van der Waals surface area contributed by atoms with Gasteiger partial charge in [0.2, 0.25) is 0 Å². The largest absolute Gasteiger partial charge is 0.459 e. The first-order chi connectivity index (χ1) is 36.9. The lowest BCUT2D eigenvalue weighted by Gasteiger charge is -2.52. The Morgan fingerprint density at radius 2 is 1.60 bits per heavy atom. The van der Waals surface area contributed by atoms with Crippen molar-refractivity contribution in [2.24, 2.45) is 34.6 Å². The molecule has 444 valence electrons. The Kier molecular flexibility index (Phi) is 22.9. The Balaban J connectivity index is 1.31. The number of cyclic esters (lactones) is 1. The summed E-state index contributed by atoms with van der Waals surface area (Å²) in [6.45, 7) is 22.4. The van der Waals surface area contributed by atoms with Gasteiger partial charge in [0, 0.05) is 89.6 Å². The molecule has 78 heavy (non-hydrogen) atoms.